The van der Waals surface area contributed by atoms with Crippen LogP contribution < -0.4 is 5.32 Å². The van der Waals surface area contributed by atoms with Gasteiger partial charge in [0.25, 0.3) is 0 Å². The van der Waals surface area contributed by atoms with Crippen LogP contribution >= 0.6 is 15.9 Å². The van der Waals surface area contributed by atoms with Gasteiger partial charge in [-0.1, -0.05) is 0 Å². The van der Waals surface area contributed by atoms with Crippen molar-refractivity contribution in [2.45, 2.75) is 12.6 Å². The van der Waals surface area contributed by atoms with Gasteiger partial charge in [-0.25, -0.2) is 4.98 Å². The number of pyridine rings is 1. The minimum atomic E-state index is -0.220. The number of nitrogens with one attached hydrogen (secondary N) is 1. The van der Waals surface area contributed by atoms with E-state index in [4.69, 9.17) is 4.42 Å². The van der Waals surface area contributed by atoms with E-state index in [9.17, 15) is 5.11 Å². The largest absolute Gasteiger partial charge is 0.468 e. The summed E-state index contributed by atoms with van der Waals surface area (Å²) in [6, 6.07) is 7.34. The van der Waals surface area contributed by atoms with Gasteiger partial charge in [0.15, 0.2) is 0 Å². The van der Waals surface area contributed by atoms with Gasteiger partial charge in [-0.2, -0.15) is 0 Å². The highest BCUT2D eigenvalue weighted by Crippen LogP contribution is 2.16. The van der Waals surface area contributed by atoms with Crippen molar-refractivity contribution in [1.29, 1.82) is 0 Å². The molecule has 0 bridgehead atoms. The fraction of sp³-hybridized carbons (Fsp3) is 0.214. The Kier molecular flexibility index (Phi) is 3.86. The SMILES string of the molecule is OCC(NCc1cnc2ccc(Br)cn12)c1ccco1. The van der Waals surface area contributed by atoms with E-state index < -0.39 is 0 Å². The molecule has 6 heteroatoms. The second kappa shape index (κ2) is 5.78. The molecule has 0 aliphatic rings. The first-order valence-corrected chi connectivity index (χ1v) is 7.06. The second-order valence-electron chi connectivity index (χ2n) is 4.46. The molecule has 0 aliphatic carbocycles. The molecule has 104 valence electrons. The van der Waals surface area contributed by atoms with Gasteiger partial charge in [0.05, 0.1) is 30.8 Å². The highest BCUT2D eigenvalue weighted by atomic mass is 79.9. The van der Waals surface area contributed by atoms with E-state index in [1.807, 2.05) is 41.1 Å². The molecule has 1 atom stereocenters. The Hall–Kier alpha value is -1.63. The van der Waals surface area contributed by atoms with Crippen molar-refractivity contribution in [1.82, 2.24) is 14.7 Å². The van der Waals surface area contributed by atoms with Crippen molar-refractivity contribution in [3.8, 4) is 0 Å². The number of nitrogens with zero attached hydrogens (tertiary/aromatic N) is 2. The molecule has 3 aromatic rings. The highest BCUT2D eigenvalue weighted by Gasteiger charge is 2.13. The molecule has 0 aliphatic heterocycles. The van der Waals surface area contributed by atoms with E-state index in [2.05, 4.69) is 26.2 Å². The first-order valence-electron chi connectivity index (χ1n) is 6.27. The number of halogens is 1. The number of hydrogen-bond donors (Lipinski definition) is 2. The second-order valence-corrected chi connectivity index (χ2v) is 5.37. The van der Waals surface area contributed by atoms with Crippen LogP contribution in [0, 0.1) is 0 Å². The third kappa shape index (κ3) is 2.63. The maximum Gasteiger partial charge on any atom is 0.136 e. The molecule has 0 spiro atoms. The average Bonchev–Trinajstić information content (AvgIpc) is 3.09. The fourth-order valence-electron chi connectivity index (χ4n) is 2.11. The van der Waals surface area contributed by atoms with Gasteiger partial charge in [-0.05, 0) is 40.2 Å². The number of imidazole rings is 1. The maximum absolute atomic E-state index is 9.43. The molecule has 0 saturated heterocycles. The molecule has 0 radical (unpaired) electrons. The van der Waals surface area contributed by atoms with Crippen LogP contribution in [0.25, 0.3) is 5.65 Å². The number of fused-ring (bicyclic) bond motifs is 1. The molecule has 1 unspecified atom stereocenters. The third-order valence-corrected chi connectivity index (χ3v) is 3.61. The summed E-state index contributed by atoms with van der Waals surface area (Å²) in [6.07, 6.45) is 5.40. The summed E-state index contributed by atoms with van der Waals surface area (Å²) in [5.41, 5.74) is 1.91. The molecule has 20 heavy (non-hydrogen) atoms. The number of furan rings is 1. The van der Waals surface area contributed by atoms with E-state index in [0.29, 0.717) is 6.54 Å². The van der Waals surface area contributed by atoms with Gasteiger partial charge in [0, 0.05) is 17.2 Å². The Morgan fingerprint density at radius 3 is 3.05 bits per heavy atom. The lowest BCUT2D eigenvalue weighted by Crippen LogP contribution is -2.24. The molecule has 5 nitrogen and oxygen atoms in total. The summed E-state index contributed by atoms with van der Waals surface area (Å²) in [4.78, 5) is 4.34. The summed E-state index contributed by atoms with van der Waals surface area (Å²) < 4.78 is 8.31. The van der Waals surface area contributed by atoms with Gasteiger partial charge in [0.2, 0.25) is 0 Å². The van der Waals surface area contributed by atoms with Crippen LogP contribution in [0.4, 0.5) is 0 Å². The van der Waals surface area contributed by atoms with Gasteiger partial charge in [0.1, 0.15) is 11.4 Å². The third-order valence-electron chi connectivity index (χ3n) is 3.14. The van der Waals surface area contributed by atoms with Gasteiger partial charge < -0.3 is 13.9 Å². The van der Waals surface area contributed by atoms with Crippen LogP contribution in [0.3, 0.4) is 0 Å². The van der Waals surface area contributed by atoms with Crippen molar-refractivity contribution in [2.24, 2.45) is 0 Å². The Labute approximate surface area is 124 Å². The van der Waals surface area contributed by atoms with Crippen LogP contribution in [0.15, 0.2) is 51.8 Å². The fourth-order valence-corrected chi connectivity index (χ4v) is 2.45. The van der Waals surface area contributed by atoms with Crippen molar-refractivity contribution in [3.05, 3.63) is 58.8 Å². The number of aliphatic hydroxyl groups is 1. The molecule has 2 N–H and O–H groups in total. The first kappa shape index (κ1) is 13.4. The zero-order chi connectivity index (χ0) is 13.9. The van der Waals surface area contributed by atoms with Crippen LogP contribution in [-0.2, 0) is 6.54 Å². The Morgan fingerprint density at radius 2 is 2.30 bits per heavy atom. The summed E-state index contributed by atoms with van der Waals surface area (Å²) in [6.45, 7) is 0.567. The number of hydrogen-bond acceptors (Lipinski definition) is 4. The quantitative estimate of drug-likeness (QED) is 0.752. The van der Waals surface area contributed by atoms with Crippen molar-refractivity contribution in [3.63, 3.8) is 0 Å². The molecule has 3 heterocycles. The van der Waals surface area contributed by atoms with Gasteiger partial charge in [-0.3, -0.25) is 5.32 Å². The van der Waals surface area contributed by atoms with Gasteiger partial charge >= 0.3 is 0 Å². The van der Waals surface area contributed by atoms with Crippen molar-refractivity contribution < 1.29 is 9.52 Å². The molecule has 0 aromatic carbocycles. The molecule has 0 fully saturated rings. The standard InChI is InChI=1S/C14H14BrN3O2/c15-10-3-4-14-17-7-11(18(14)8-10)6-16-12(9-19)13-2-1-5-20-13/h1-5,7-8,12,16,19H,6,9H2. The predicted molar refractivity (Wildman–Crippen MR) is 78.3 cm³/mol. The Morgan fingerprint density at radius 1 is 1.40 bits per heavy atom. The smallest absolute Gasteiger partial charge is 0.136 e. The number of aliphatic hydroxyl groups excluding tert-OH is 1. The Balaban J connectivity index is 1.78. The Bertz CT molecular complexity index is 694. The first-order chi connectivity index (χ1) is 9.78. The topological polar surface area (TPSA) is 62.7 Å². The minimum absolute atomic E-state index is 0.0199. The van der Waals surface area contributed by atoms with Crippen LogP contribution in [-0.4, -0.2) is 21.1 Å². The van der Waals surface area contributed by atoms with Crippen LogP contribution in [0.1, 0.15) is 17.5 Å². The summed E-state index contributed by atoms with van der Waals surface area (Å²) >= 11 is 3.45. The van der Waals surface area contributed by atoms with E-state index in [0.717, 1.165) is 21.6 Å². The van der Waals surface area contributed by atoms with E-state index >= 15 is 0 Å². The molecular weight excluding hydrogens is 322 g/mol. The van der Waals surface area contributed by atoms with E-state index in [-0.39, 0.29) is 12.6 Å². The highest BCUT2D eigenvalue weighted by molar-refractivity contribution is 9.10. The summed E-state index contributed by atoms with van der Waals surface area (Å²) in [7, 11) is 0. The van der Waals surface area contributed by atoms with Gasteiger partial charge in [-0.15, -0.1) is 0 Å². The predicted octanol–water partition coefficient (Wildman–Crippen LogP) is 2.51. The normalized spacial score (nSPS) is 12.9. The van der Waals surface area contributed by atoms with Crippen LogP contribution in [0.5, 0.6) is 0 Å². The lowest BCUT2D eigenvalue weighted by atomic mass is 10.2. The minimum Gasteiger partial charge on any atom is -0.468 e. The van der Waals surface area contributed by atoms with Crippen LogP contribution in [0.2, 0.25) is 0 Å². The molecular formula is C14H14BrN3O2. The lowest BCUT2D eigenvalue weighted by molar-refractivity contribution is 0.225. The molecule has 3 rings (SSSR count). The average molecular weight is 336 g/mol. The molecule has 3 aromatic heterocycles. The number of aromatic nitrogens is 2. The molecule has 0 amide bonds. The summed E-state index contributed by atoms with van der Waals surface area (Å²) in [5, 5.41) is 12.7. The molecule has 0 saturated carbocycles. The monoisotopic (exact) mass is 335 g/mol. The van der Waals surface area contributed by atoms with Crippen molar-refractivity contribution >= 4 is 21.6 Å². The number of rotatable bonds is 5. The van der Waals surface area contributed by atoms with E-state index in [1.165, 1.54) is 0 Å². The summed E-state index contributed by atoms with van der Waals surface area (Å²) in [5.74, 6) is 0.725. The zero-order valence-electron chi connectivity index (χ0n) is 10.7. The maximum atomic E-state index is 9.43. The van der Waals surface area contributed by atoms with E-state index in [1.54, 1.807) is 6.26 Å². The lowest BCUT2D eigenvalue weighted by Gasteiger charge is -2.13. The zero-order valence-corrected chi connectivity index (χ0v) is 12.2. The van der Waals surface area contributed by atoms with Crippen molar-refractivity contribution in [2.75, 3.05) is 6.61 Å².